The van der Waals surface area contributed by atoms with E-state index < -0.39 is 35.9 Å². The Morgan fingerprint density at radius 1 is 1.19 bits per heavy atom. The van der Waals surface area contributed by atoms with Gasteiger partial charge in [0.15, 0.2) is 0 Å². The van der Waals surface area contributed by atoms with E-state index in [1.807, 2.05) is 0 Å². The van der Waals surface area contributed by atoms with Gasteiger partial charge in [-0.05, 0) is 35.5 Å². The predicted molar refractivity (Wildman–Crippen MR) is 86.2 cm³/mol. The fourth-order valence-electron chi connectivity index (χ4n) is 1.98. The van der Waals surface area contributed by atoms with Crippen LogP contribution in [0.4, 0.5) is 5.69 Å². The fourth-order valence-corrected chi connectivity index (χ4v) is 3.33. The van der Waals surface area contributed by atoms with Gasteiger partial charge in [-0.2, -0.15) is 13.5 Å². The molecule has 0 unspecified atom stereocenters. The molecule has 0 saturated carbocycles. The van der Waals surface area contributed by atoms with Crippen molar-refractivity contribution in [3.63, 3.8) is 0 Å². The zero-order chi connectivity index (χ0) is 18.8. The summed E-state index contributed by atoms with van der Waals surface area (Å²) in [5.74, 6) is -0.841. The summed E-state index contributed by atoms with van der Waals surface area (Å²) in [6, 6.07) is 5.54. The number of rotatable bonds is 6. The van der Waals surface area contributed by atoms with Crippen LogP contribution < -0.4 is 69.6 Å². The monoisotopic (exact) mass is 431 g/mol. The van der Waals surface area contributed by atoms with Gasteiger partial charge in [-0.3, -0.25) is 9.98 Å². The zero-order valence-corrected chi connectivity index (χ0v) is 20.0. The maximum Gasteiger partial charge on any atom is 1.00 e. The molecule has 0 fully saturated rings. The first-order valence-corrected chi connectivity index (χ1v) is 9.36. The number of anilines is 1. The van der Waals surface area contributed by atoms with Crippen molar-refractivity contribution in [2.45, 2.75) is 16.2 Å². The van der Waals surface area contributed by atoms with Crippen molar-refractivity contribution in [1.82, 2.24) is 0 Å². The number of nitrogens with one attached hydrogen (secondary N) is 2. The third kappa shape index (κ3) is 7.42. The molecule has 2 aromatic carbocycles. The summed E-state index contributed by atoms with van der Waals surface area (Å²) in [6.45, 7) is 0. The van der Waals surface area contributed by atoms with Crippen LogP contribution in [0.5, 0.6) is 0 Å². The van der Waals surface area contributed by atoms with Gasteiger partial charge in [0.1, 0.15) is 15.0 Å². The first-order chi connectivity index (χ1) is 11.5. The Morgan fingerprint density at radius 3 is 2.33 bits per heavy atom. The number of hydrazone groups is 1. The summed E-state index contributed by atoms with van der Waals surface area (Å²) in [5, 5.41) is 20.9. The Morgan fingerprint density at radius 2 is 1.81 bits per heavy atom. The van der Waals surface area contributed by atoms with E-state index in [2.05, 4.69) is 10.5 Å². The van der Waals surface area contributed by atoms with Crippen LogP contribution >= 0.6 is 0 Å². The largest absolute Gasteiger partial charge is 1.00 e. The Kier molecular flexibility index (Phi) is 10.1. The number of benzene rings is 2. The van der Waals surface area contributed by atoms with Gasteiger partial charge in [0, 0.05) is 18.0 Å². The van der Waals surface area contributed by atoms with Crippen LogP contribution in [0.25, 0.3) is 10.8 Å². The average molecular weight is 431 g/mol. The summed E-state index contributed by atoms with van der Waals surface area (Å²) in [5.41, 5.74) is 2.80. The smallest absolute Gasteiger partial charge is 0.862 e. The van der Waals surface area contributed by atoms with Gasteiger partial charge in [0.25, 0.3) is 10.1 Å². The van der Waals surface area contributed by atoms with Crippen LogP contribution in [-0.4, -0.2) is 38.1 Å². The molecule has 0 spiro atoms. The molecule has 0 heterocycles. The predicted octanol–water partition coefficient (Wildman–Crippen LogP) is -5.88. The Hall–Kier alpha value is -0.540. The molecule has 0 aliphatic heterocycles. The second-order valence-corrected chi connectivity index (χ2v) is 7.61. The summed E-state index contributed by atoms with van der Waals surface area (Å²) < 4.78 is 65.8. The van der Waals surface area contributed by atoms with Gasteiger partial charge >= 0.3 is 59.1 Å². The van der Waals surface area contributed by atoms with Crippen molar-refractivity contribution >= 4 is 48.8 Å². The quantitative estimate of drug-likeness (QED) is 0.133. The summed E-state index contributed by atoms with van der Waals surface area (Å²) in [4.78, 5) is -1.53. The van der Waals surface area contributed by atoms with E-state index >= 15 is 0 Å². The zero-order valence-electron chi connectivity index (χ0n) is 14.3. The molecule has 0 saturated heterocycles. The van der Waals surface area contributed by atoms with Crippen LogP contribution in [0.1, 0.15) is 6.42 Å². The summed E-state index contributed by atoms with van der Waals surface area (Å²) in [7, 11) is -9.72. The Labute approximate surface area is 199 Å². The van der Waals surface area contributed by atoms with Crippen molar-refractivity contribution in [2.75, 3.05) is 5.43 Å². The minimum atomic E-state index is -4.95. The molecule has 14 heteroatoms. The van der Waals surface area contributed by atoms with E-state index in [4.69, 9.17) is 5.41 Å². The van der Waals surface area contributed by atoms with Crippen molar-refractivity contribution in [3.05, 3.63) is 30.3 Å². The topological polar surface area (TPSA) is 183 Å². The molecule has 0 aliphatic rings. The van der Waals surface area contributed by atoms with Gasteiger partial charge in [-0.1, -0.05) is 6.07 Å². The molecule has 134 valence electrons. The molecule has 0 atom stereocenters. The standard InChI is InChI=1S/C13H13N3O7S2.2Na/c14-13(17)3-4-15-16-9-1-2-11-8(5-9)6-10(24(18,19)20)7-12(11)25(21,22)23;;/h1-2,4-7,16H,3H2,(H2,14,17)(H,18,19,20)(H,21,22,23);;/q;2*+1/p-2/b15-4-;;. The molecule has 0 bridgehead atoms. The second-order valence-electron chi connectivity index (χ2n) is 4.84. The van der Waals surface area contributed by atoms with E-state index in [1.165, 1.54) is 18.2 Å². The van der Waals surface area contributed by atoms with Crippen molar-refractivity contribution in [2.24, 2.45) is 5.10 Å². The molecular formula is C13H11N3Na2O7S2. The minimum absolute atomic E-state index is 0. The number of fused-ring (bicyclic) bond motifs is 1. The second kappa shape index (κ2) is 10.3. The van der Waals surface area contributed by atoms with E-state index in [0.29, 0.717) is 11.8 Å². The average Bonchev–Trinajstić information content (AvgIpc) is 2.48. The summed E-state index contributed by atoms with van der Waals surface area (Å²) in [6.07, 6.45) is 0.924. The van der Waals surface area contributed by atoms with Crippen LogP contribution in [0, 0.1) is 5.41 Å². The van der Waals surface area contributed by atoms with Crippen LogP contribution in [0.3, 0.4) is 0 Å². The molecule has 0 aliphatic carbocycles. The van der Waals surface area contributed by atoms with Crippen molar-refractivity contribution in [1.29, 1.82) is 5.41 Å². The van der Waals surface area contributed by atoms with Gasteiger partial charge in [-0.25, -0.2) is 8.42 Å². The van der Waals surface area contributed by atoms with E-state index in [9.17, 15) is 31.0 Å². The molecule has 0 radical (unpaired) electrons. The van der Waals surface area contributed by atoms with Crippen LogP contribution in [-0.2, 0) is 20.2 Å². The van der Waals surface area contributed by atoms with E-state index in [1.54, 1.807) is 0 Å². The SMILES string of the molecule is N=C([O-])C/C=N\Nc1ccc2c(S(=O)(=O)O)cc(S(=O)(=O)[O-])cc2c1.[Na+].[Na+]. The fraction of sp³-hybridized carbons (Fsp3) is 0.0769. The number of nitrogens with zero attached hydrogens (tertiary/aromatic N) is 1. The van der Waals surface area contributed by atoms with Gasteiger partial charge < -0.3 is 15.1 Å². The minimum Gasteiger partial charge on any atom is -0.862 e. The van der Waals surface area contributed by atoms with E-state index in [-0.39, 0.29) is 76.3 Å². The Bertz CT molecular complexity index is 1090. The first-order valence-electron chi connectivity index (χ1n) is 6.51. The normalized spacial score (nSPS) is 11.6. The van der Waals surface area contributed by atoms with Gasteiger partial charge in [0.05, 0.1) is 10.6 Å². The first kappa shape index (κ1) is 26.5. The molecular weight excluding hydrogens is 420 g/mol. The molecule has 2 rings (SSSR count). The van der Waals surface area contributed by atoms with Crippen LogP contribution in [0.2, 0.25) is 0 Å². The van der Waals surface area contributed by atoms with Crippen molar-refractivity contribution < 1.29 is 90.2 Å². The molecule has 3 N–H and O–H groups in total. The maximum absolute atomic E-state index is 11.5. The molecule has 0 amide bonds. The van der Waals surface area contributed by atoms with E-state index in [0.717, 1.165) is 12.3 Å². The molecule has 2 aromatic rings. The van der Waals surface area contributed by atoms with Gasteiger partial charge in [0.2, 0.25) is 0 Å². The third-order valence-corrected chi connectivity index (χ3v) is 4.72. The van der Waals surface area contributed by atoms with Gasteiger partial charge in [-0.15, -0.1) is 0 Å². The maximum atomic E-state index is 11.5. The Balaban J connectivity index is 0.00000338. The van der Waals surface area contributed by atoms with Crippen LogP contribution in [0.15, 0.2) is 45.2 Å². The molecule has 0 aromatic heterocycles. The summed E-state index contributed by atoms with van der Waals surface area (Å²) >= 11 is 0. The molecule has 10 nitrogen and oxygen atoms in total. The number of hydrogen-bond donors (Lipinski definition) is 3. The third-order valence-electron chi connectivity index (χ3n) is 3.02. The molecule has 27 heavy (non-hydrogen) atoms. The van der Waals surface area contributed by atoms with Crippen molar-refractivity contribution in [3.8, 4) is 0 Å². The number of hydrogen-bond acceptors (Lipinski definition) is 9.